The number of hydrogen-bond acceptors (Lipinski definition) is 3. The van der Waals surface area contributed by atoms with E-state index in [0.717, 1.165) is 13.0 Å². The standard InChI is InChI=1S/C12H19N3/c1-9(2)15-8-11(13)6-12(15)10-4-3-5-14-7-10/h3-5,7,9,11-12H,6,8,13H2,1-2H3. The molecule has 1 aromatic rings. The van der Waals surface area contributed by atoms with E-state index in [0.29, 0.717) is 18.1 Å². The van der Waals surface area contributed by atoms with Gasteiger partial charge in [0.15, 0.2) is 0 Å². The second kappa shape index (κ2) is 4.29. The van der Waals surface area contributed by atoms with Crippen molar-refractivity contribution in [3.63, 3.8) is 0 Å². The Hall–Kier alpha value is -0.930. The van der Waals surface area contributed by atoms with Gasteiger partial charge in [0, 0.05) is 37.1 Å². The summed E-state index contributed by atoms with van der Waals surface area (Å²) in [6.07, 6.45) is 4.82. The Morgan fingerprint density at radius 3 is 2.93 bits per heavy atom. The molecule has 0 saturated carbocycles. The number of aromatic nitrogens is 1. The SMILES string of the molecule is CC(C)N1CC(N)CC1c1cccnc1. The van der Waals surface area contributed by atoms with Gasteiger partial charge in [-0.2, -0.15) is 0 Å². The van der Waals surface area contributed by atoms with Crippen molar-refractivity contribution in [2.45, 2.75) is 38.4 Å². The maximum Gasteiger partial charge on any atom is 0.0381 e. The molecule has 15 heavy (non-hydrogen) atoms. The number of pyridine rings is 1. The van der Waals surface area contributed by atoms with Gasteiger partial charge in [-0.1, -0.05) is 6.07 Å². The highest BCUT2D eigenvalue weighted by molar-refractivity contribution is 5.16. The average Bonchev–Trinajstić information content (AvgIpc) is 2.62. The summed E-state index contributed by atoms with van der Waals surface area (Å²) in [6.45, 7) is 5.44. The van der Waals surface area contributed by atoms with Crippen molar-refractivity contribution >= 4 is 0 Å². The summed E-state index contributed by atoms with van der Waals surface area (Å²) in [5.74, 6) is 0. The molecule has 3 heteroatoms. The summed E-state index contributed by atoms with van der Waals surface area (Å²) >= 11 is 0. The van der Waals surface area contributed by atoms with Crippen molar-refractivity contribution in [1.82, 2.24) is 9.88 Å². The predicted octanol–water partition coefficient (Wildman–Crippen LogP) is 1.56. The van der Waals surface area contributed by atoms with Crippen LogP contribution in [0.4, 0.5) is 0 Å². The summed E-state index contributed by atoms with van der Waals surface area (Å²) in [4.78, 5) is 6.64. The molecule has 0 amide bonds. The highest BCUT2D eigenvalue weighted by atomic mass is 15.2. The van der Waals surface area contributed by atoms with E-state index >= 15 is 0 Å². The first kappa shape index (κ1) is 10.6. The van der Waals surface area contributed by atoms with E-state index in [9.17, 15) is 0 Å². The summed E-state index contributed by atoms with van der Waals surface area (Å²) < 4.78 is 0. The molecule has 0 aliphatic carbocycles. The maximum atomic E-state index is 6.03. The second-order valence-corrected chi connectivity index (χ2v) is 4.59. The van der Waals surface area contributed by atoms with Gasteiger partial charge in [-0.15, -0.1) is 0 Å². The van der Waals surface area contributed by atoms with Gasteiger partial charge in [-0.25, -0.2) is 0 Å². The van der Waals surface area contributed by atoms with Gasteiger partial charge < -0.3 is 5.73 Å². The zero-order chi connectivity index (χ0) is 10.8. The van der Waals surface area contributed by atoms with Crippen LogP contribution in [0.25, 0.3) is 0 Å². The molecule has 2 N–H and O–H groups in total. The number of nitrogens with two attached hydrogens (primary N) is 1. The Kier molecular flexibility index (Phi) is 3.03. The Labute approximate surface area is 91.3 Å². The third-order valence-corrected chi connectivity index (χ3v) is 3.10. The Bertz CT molecular complexity index is 310. The minimum Gasteiger partial charge on any atom is -0.326 e. The van der Waals surface area contributed by atoms with Crippen molar-refractivity contribution in [1.29, 1.82) is 0 Å². The van der Waals surface area contributed by atoms with Crippen LogP contribution in [0.2, 0.25) is 0 Å². The molecule has 0 bridgehead atoms. The summed E-state index contributed by atoms with van der Waals surface area (Å²) in [5.41, 5.74) is 7.32. The molecule has 1 aliphatic rings. The molecular formula is C12H19N3. The maximum absolute atomic E-state index is 6.03. The first-order valence-corrected chi connectivity index (χ1v) is 5.59. The summed E-state index contributed by atoms with van der Waals surface area (Å²) in [7, 11) is 0. The van der Waals surface area contributed by atoms with Crippen LogP contribution in [-0.4, -0.2) is 28.5 Å². The van der Waals surface area contributed by atoms with Gasteiger partial charge in [0.05, 0.1) is 0 Å². The molecule has 2 rings (SSSR count). The number of nitrogens with zero attached hydrogens (tertiary/aromatic N) is 2. The van der Waals surface area contributed by atoms with Gasteiger partial charge in [-0.3, -0.25) is 9.88 Å². The molecule has 0 aromatic carbocycles. The zero-order valence-corrected chi connectivity index (χ0v) is 9.43. The molecule has 0 radical (unpaired) electrons. The van der Waals surface area contributed by atoms with E-state index in [1.54, 1.807) is 0 Å². The van der Waals surface area contributed by atoms with Crippen LogP contribution in [-0.2, 0) is 0 Å². The molecule has 3 nitrogen and oxygen atoms in total. The molecular weight excluding hydrogens is 186 g/mol. The molecule has 82 valence electrons. The topological polar surface area (TPSA) is 42.1 Å². The van der Waals surface area contributed by atoms with E-state index < -0.39 is 0 Å². The van der Waals surface area contributed by atoms with E-state index in [1.165, 1.54) is 5.56 Å². The van der Waals surface area contributed by atoms with Crippen LogP contribution in [0.1, 0.15) is 31.9 Å². The second-order valence-electron chi connectivity index (χ2n) is 4.59. The van der Waals surface area contributed by atoms with E-state index in [1.807, 2.05) is 18.5 Å². The highest BCUT2D eigenvalue weighted by Crippen LogP contribution is 2.32. The average molecular weight is 205 g/mol. The fraction of sp³-hybridized carbons (Fsp3) is 0.583. The van der Waals surface area contributed by atoms with Crippen LogP contribution in [0.15, 0.2) is 24.5 Å². The largest absolute Gasteiger partial charge is 0.326 e. The molecule has 0 spiro atoms. The van der Waals surface area contributed by atoms with Gasteiger partial charge in [0.2, 0.25) is 0 Å². The quantitative estimate of drug-likeness (QED) is 0.796. The highest BCUT2D eigenvalue weighted by Gasteiger charge is 2.32. The van der Waals surface area contributed by atoms with E-state index in [2.05, 4.69) is 29.8 Å². The molecule has 1 saturated heterocycles. The van der Waals surface area contributed by atoms with Crippen LogP contribution < -0.4 is 5.73 Å². The molecule has 1 aromatic heterocycles. The molecule has 1 aliphatic heterocycles. The van der Waals surface area contributed by atoms with Crippen molar-refractivity contribution in [2.24, 2.45) is 5.73 Å². The van der Waals surface area contributed by atoms with Crippen LogP contribution >= 0.6 is 0 Å². The Morgan fingerprint density at radius 2 is 2.33 bits per heavy atom. The Morgan fingerprint density at radius 1 is 1.53 bits per heavy atom. The monoisotopic (exact) mass is 205 g/mol. The molecule has 2 heterocycles. The van der Waals surface area contributed by atoms with Crippen LogP contribution in [0.3, 0.4) is 0 Å². The molecule has 2 unspecified atom stereocenters. The molecule has 2 atom stereocenters. The van der Waals surface area contributed by atoms with Crippen LogP contribution in [0.5, 0.6) is 0 Å². The summed E-state index contributed by atoms with van der Waals surface area (Å²) in [6, 6.07) is 5.44. The first-order chi connectivity index (χ1) is 7.18. The van der Waals surface area contributed by atoms with Crippen molar-refractivity contribution in [2.75, 3.05) is 6.54 Å². The third-order valence-electron chi connectivity index (χ3n) is 3.10. The fourth-order valence-electron chi connectivity index (χ4n) is 2.37. The lowest BCUT2D eigenvalue weighted by Gasteiger charge is -2.28. The first-order valence-electron chi connectivity index (χ1n) is 5.59. The van der Waals surface area contributed by atoms with E-state index in [-0.39, 0.29) is 0 Å². The van der Waals surface area contributed by atoms with Gasteiger partial charge in [-0.05, 0) is 31.9 Å². The van der Waals surface area contributed by atoms with Crippen molar-refractivity contribution in [3.8, 4) is 0 Å². The number of hydrogen-bond donors (Lipinski definition) is 1. The molecule has 1 fully saturated rings. The van der Waals surface area contributed by atoms with Gasteiger partial charge in [0.25, 0.3) is 0 Å². The lowest BCUT2D eigenvalue weighted by Crippen LogP contribution is -2.33. The van der Waals surface area contributed by atoms with Gasteiger partial charge >= 0.3 is 0 Å². The van der Waals surface area contributed by atoms with E-state index in [4.69, 9.17) is 5.73 Å². The number of rotatable bonds is 2. The third kappa shape index (κ3) is 2.19. The zero-order valence-electron chi connectivity index (χ0n) is 9.43. The Balaban J connectivity index is 2.21. The van der Waals surface area contributed by atoms with Crippen LogP contribution in [0, 0.1) is 0 Å². The lowest BCUT2D eigenvalue weighted by molar-refractivity contribution is 0.204. The van der Waals surface area contributed by atoms with Crippen molar-refractivity contribution < 1.29 is 0 Å². The minimum absolute atomic E-state index is 0.303. The van der Waals surface area contributed by atoms with Gasteiger partial charge in [0.1, 0.15) is 0 Å². The smallest absolute Gasteiger partial charge is 0.0381 e. The summed E-state index contributed by atoms with van der Waals surface area (Å²) in [5, 5.41) is 0. The minimum atomic E-state index is 0.303. The number of likely N-dealkylation sites (tertiary alicyclic amines) is 1. The normalized spacial score (nSPS) is 27.5. The lowest BCUT2D eigenvalue weighted by atomic mass is 10.1. The predicted molar refractivity (Wildman–Crippen MR) is 61.4 cm³/mol. The fourth-order valence-corrected chi connectivity index (χ4v) is 2.37. The van der Waals surface area contributed by atoms with Crippen molar-refractivity contribution in [3.05, 3.63) is 30.1 Å².